The summed E-state index contributed by atoms with van der Waals surface area (Å²) >= 11 is 1.59. The van der Waals surface area contributed by atoms with Crippen molar-refractivity contribution in [2.45, 2.75) is 29.9 Å². The van der Waals surface area contributed by atoms with E-state index in [0.29, 0.717) is 0 Å². The molecule has 0 bridgehead atoms. The molecule has 0 fully saturated rings. The fourth-order valence-corrected chi connectivity index (χ4v) is 2.96. The molecule has 2 aromatic carbocycles. The second kappa shape index (κ2) is 8.53. The third-order valence-electron chi connectivity index (χ3n) is 3.21. The van der Waals surface area contributed by atoms with Crippen molar-refractivity contribution < 1.29 is 4.79 Å². The van der Waals surface area contributed by atoms with E-state index in [0.717, 1.165) is 24.3 Å². The molecule has 0 spiro atoms. The molecule has 2 nitrogen and oxygen atoms in total. The van der Waals surface area contributed by atoms with Crippen LogP contribution in [0.25, 0.3) is 0 Å². The maximum absolute atomic E-state index is 12.0. The van der Waals surface area contributed by atoms with Crippen LogP contribution in [0.1, 0.15) is 18.9 Å². The van der Waals surface area contributed by atoms with Gasteiger partial charge in [-0.2, -0.15) is 0 Å². The highest BCUT2D eigenvalue weighted by atomic mass is 32.2. The van der Waals surface area contributed by atoms with Gasteiger partial charge in [0.15, 0.2) is 0 Å². The summed E-state index contributed by atoms with van der Waals surface area (Å²) in [7, 11) is 0. The number of hydrogen-bond donors (Lipinski definition) is 1. The molecule has 2 rings (SSSR count). The summed E-state index contributed by atoms with van der Waals surface area (Å²) in [6.07, 6.45) is 1.97. The molecule has 21 heavy (non-hydrogen) atoms. The highest BCUT2D eigenvalue weighted by Gasteiger charge is 2.13. The van der Waals surface area contributed by atoms with Crippen molar-refractivity contribution in [1.29, 1.82) is 0 Å². The molecule has 0 heterocycles. The second-order valence-corrected chi connectivity index (χ2v) is 6.37. The maximum atomic E-state index is 12.0. The molecule has 0 saturated carbocycles. The first-order chi connectivity index (χ1) is 10.3. The van der Waals surface area contributed by atoms with Gasteiger partial charge in [0.05, 0.1) is 5.25 Å². The van der Waals surface area contributed by atoms with Gasteiger partial charge in [0.2, 0.25) is 5.91 Å². The lowest BCUT2D eigenvalue weighted by atomic mass is 10.1. The lowest BCUT2D eigenvalue weighted by Crippen LogP contribution is -2.31. The Balaban J connectivity index is 1.67. The molecule has 3 heteroatoms. The fraction of sp³-hybridized carbons (Fsp3) is 0.278. The SMILES string of the molecule is C[C@@H](Sc1ccccc1)C(=O)NCCCc1ccccc1. The highest BCUT2D eigenvalue weighted by Crippen LogP contribution is 2.22. The number of benzene rings is 2. The Hall–Kier alpha value is -1.74. The smallest absolute Gasteiger partial charge is 0.233 e. The monoisotopic (exact) mass is 299 g/mol. The number of aryl methyl sites for hydroxylation is 1. The third-order valence-corrected chi connectivity index (χ3v) is 4.32. The average Bonchev–Trinajstić information content (AvgIpc) is 2.53. The minimum Gasteiger partial charge on any atom is -0.355 e. The van der Waals surface area contributed by atoms with Crippen molar-refractivity contribution in [3.05, 3.63) is 66.2 Å². The van der Waals surface area contributed by atoms with Crippen LogP contribution in [0.2, 0.25) is 0 Å². The van der Waals surface area contributed by atoms with Crippen molar-refractivity contribution in [2.75, 3.05) is 6.54 Å². The Labute approximate surface area is 131 Å². The standard InChI is InChI=1S/C18H21NOS/c1-15(21-17-12-6-3-7-13-17)18(20)19-14-8-11-16-9-4-2-5-10-16/h2-7,9-10,12-13,15H,8,11,14H2,1H3,(H,19,20)/t15-/m1/s1. The first-order valence-corrected chi connectivity index (χ1v) is 8.17. The normalized spacial score (nSPS) is 11.9. The lowest BCUT2D eigenvalue weighted by molar-refractivity contribution is -0.120. The molecule has 0 radical (unpaired) electrons. The summed E-state index contributed by atoms with van der Waals surface area (Å²) in [5.41, 5.74) is 1.32. The zero-order valence-corrected chi connectivity index (χ0v) is 13.1. The second-order valence-electron chi connectivity index (χ2n) is 4.95. The number of amides is 1. The van der Waals surface area contributed by atoms with E-state index < -0.39 is 0 Å². The molecule has 1 atom stereocenters. The number of carbonyl (C=O) groups is 1. The van der Waals surface area contributed by atoms with E-state index in [1.807, 2.05) is 55.5 Å². The van der Waals surface area contributed by atoms with Crippen molar-refractivity contribution in [2.24, 2.45) is 0 Å². The summed E-state index contributed by atoms with van der Waals surface area (Å²) in [6, 6.07) is 20.4. The summed E-state index contributed by atoms with van der Waals surface area (Å²) in [5, 5.41) is 2.95. The molecule has 0 unspecified atom stereocenters. The van der Waals surface area contributed by atoms with Crippen molar-refractivity contribution in [3.8, 4) is 0 Å². The number of hydrogen-bond acceptors (Lipinski definition) is 2. The van der Waals surface area contributed by atoms with E-state index in [4.69, 9.17) is 0 Å². The van der Waals surface area contributed by atoms with Crippen LogP contribution in [0.15, 0.2) is 65.6 Å². The predicted octanol–water partition coefficient (Wildman–Crippen LogP) is 3.92. The number of thioether (sulfide) groups is 1. The van der Waals surface area contributed by atoms with E-state index in [1.165, 1.54) is 5.56 Å². The first-order valence-electron chi connectivity index (χ1n) is 7.29. The molecule has 2 aromatic rings. The van der Waals surface area contributed by atoms with Gasteiger partial charge in [-0.25, -0.2) is 0 Å². The quantitative estimate of drug-likeness (QED) is 0.620. The van der Waals surface area contributed by atoms with Crippen LogP contribution in [0.3, 0.4) is 0 Å². The topological polar surface area (TPSA) is 29.1 Å². The molecule has 0 aliphatic heterocycles. The van der Waals surface area contributed by atoms with Gasteiger partial charge >= 0.3 is 0 Å². The van der Waals surface area contributed by atoms with E-state index in [1.54, 1.807) is 11.8 Å². The molecule has 1 amide bonds. The summed E-state index contributed by atoms with van der Waals surface area (Å²) in [4.78, 5) is 13.2. The van der Waals surface area contributed by atoms with E-state index in [2.05, 4.69) is 17.4 Å². The average molecular weight is 299 g/mol. The zero-order chi connectivity index (χ0) is 14.9. The van der Waals surface area contributed by atoms with Gasteiger partial charge in [-0.05, 0) is 37.5 Å². The number of rotatable bonds is 7. The zero-order valence-electron chi connectivity index (χ0n) is 12.3. The van der Waals surface area contributed by atoms with Crippen LogP contribution in [-0.2, 0) is 11.2 Å². The van der Waals surface area contributed by atoms with Gasteiger partial charge < -0.3 is 5.32 Å². The fourth-order valence-electron chi connectivity index (χ4n) is 2.05. The highest BCUT2D eigenvalue weighted by molar-refractivity contribution is 8.00. The van der Waals surface area contributed by atoms with Gasteiger partial charge in [-0.3, -0.25) is 4.79 Å². The van der Waals surface area contributed by atoms with Crippen molar-refractivity contribution in [1.82, 2.24) is 5.32 Å². The largest absolute Gasteiger partial charge is 0.355 e. The molecule has 0 aliphatic carbocycles. The summed E-state index contributed by atoms with van der Waals surface area (Å²) < 4.78 is 0. The third kappa shape index (κ3) is 5.64. The van der Waals surface area contributed by atoms with Crippen LogP contribution in [0, 0.1) is 0 Å². The first kappa shape index (κ1) is 15.6. The minimum atomic E-state index is -0.0656. The molecular formula is C18H21NOS. The maximum Gasteiger partial charge on any atom is 0.233 e. The van der Waals surface area contributed by atoms with Crippen LogP contribution in [0.5, 0.6) is 0 Å². The van der Waals surface area contributed by atoms with Crippen LogP contribution >= 0.6 is 11.8 Å². The summed E-state index contributed by atoms with van der Waals surface area (Å²) in [5.74, 6) is 0.108. The molecule has 0 saturated heterocycles. The van der Waals surface area contributed by atoms with Crippen LogP contribution in [-0.4, -0.2) is 17.7 Å². The van der Waals surface area contributed by atoms with Gasteiger partial charge in [-0.15, -0.1) is 11.8 Å². The predicted molar refractivity (Wildman–Crippen MR) is 89.5 cm³/mol. The number of carbonyl (C=O) groups excluding carboxylic acids is 1. The summed E-state index contributed by atoms with van der Waals surface area (Å²) in [6.45, 7) is 2.68. The Kier molecular flexibility index (Phi) is 6.35. The lowest BCUT2D eigenvalue weighted by Gasteiger charge is -2.12. The molecule has 0 aliphatic rings. The Morgan fingerprint density at radius 2 is 1.67 bits per heavy atom. The Morgan fingerprint density at radius 3 is 2.33 bits per heavy atom. The van der Waals surface area contributed by atoms with Crippen molar-refractivity contribution in [3.63, 3.8) is 0 Å². The van der Waals surface area contributed by atoms with E-state index in [-0.39, 0.29) is 11.2 Å². The molecule has 0 aromatic heterocycles. The van der Waals surface area contributed by atoms with E-state index >= 15 is 0 Å². The number of nitrogens with one attached hydrogen (secondary N) is 1. The molecule has 1 N–H and O–H groups in total. The van der Waals surface area contributed by atoms with Crippen molar-refractivity contribution >= 4 is 17.7 Å². The van der Waals surface area contributed by atoms with Gasteiger partial charge in [0.25, 0.3) is 0 Å². The van der Waals surface area contributed by atoms with Crippen LogP contribution < -0.4 is 5.32 Å². The minimum absolute atomic E-state index is 0.0656. The van der Waals surface area contributed by atoms with E-state index in [9.17, 15) is 4.79 Å². The van der Waals surface area contributed by atoms with Gasteiger partial charge in [0.1, 0.15) is 0 Å². The Morgan fingerprint density at radius 1 is 1.05 bits per heavy atom. The van der Waals surface area contributed by atoms with Crippen LogP contribution in [0.4, 0.5) is 0 Å². The molecule has 110 valence electrons. The molecular weight excluding hydrogens is 278 g/mol. The Bertz CT molecular complexity index is 542. The van der Waals surface area contributed by atoms with Gasteiger partial charge in [0, 0.05) is 11.4 Å². The van der Waals surface area contributed by atoms with Gasteiger partial charge in [-0.1, -0.05) is 48.5 Å².